The standard InChI is InChI=1S/C16H18ClN3O/c1-20(11-14-6-2-3-8-15(14)17)10-12-5-4-7-13(9-12)16(18)19-21/h2-9,21H,10-11H2,1H3,(H2,18,19). The van der Waals surface area contributed by atoms with E-state index >= 15 is 0 Å². The van der Waals surface area contributed by atoms with Gasteiger partial charge in [0.15, 0.2) is 5.84 Å². The van der Waals surface area contributed by atoms with Gasteiger partial charge in [0.2, 0.25) is 0 Å². The maximum atomic E-state index is 8.72. The average molecular weight is 304 g/mol. The van der Waals surface area contributed by atoms with Crippen LogP contribution in [0.15, 0.2) is 53.7 Å². The summed E-state index contributed by atoms with van der Waals surface area (Å²) in [6, 6.07) is 15.4. The van der Waals surface area contributed by atoms with E-state index in [1.54, 1.807) is 0 Å². The molecule has 4 nitrogen and oxygen atoms in total. The number of amidine groups is 1. The number of nitrogens with two attached hydrogens (primary N) is 1. The van der Waals surface area contributed by atoms with Crippen molar-refractivity contribution in [1.82, 2.24) is 4.90 Å². The van der Waals surface area contributed by atoms with E-state index in [-0.39, 0.29) is 5.84 Å². The predicted molar refractivity (Wildman–Crippen MR) is 85.6 cm³/mol. The molecule has 3 N–H and O–H groups in total. The van der Waals surface area contributed by atoms with Crippen molar-refractivity contribution < 1.29 is 5.21 Å². The lowest BCUT2D eigenvalue weighted by Gasteiger charge is -2.18. The molecule has 0 aliphatic heterocycles. The molecule has 0 aliphatic carbocycles. The minimum absolute atomic E-state index is 0.116. The van der Waals surface area contributed by atoms with Gasteiger partial charge in [-0.1, -0.05) is 53.2 Å². The Hall–Kier alpha value is -2.04. The third-order valence-electron chi connectivity index (χ3n) is 3.18. The summed E-state index contributed by atoms with van der Waals surface area (Å²) < 4.78 is 0. The molecule has 2 aromatic rings. The molecule has 0 radical (unpaired) electrons. The highest BCUT2D eigenvalue weighted by Gasteiger charge is 2.06. The maximum Gasteiger partial charge on any atom is 0.170 e. The van der Waals surface area contributed by atoms with Gasteiger partial charge in [0.25, 0.3) is 0 Å². The molecule has 2 aromatic carbocycles. The topological polar surface area (TPSA) is 61.8 Å². The van der Waals surface area contributed by atoms with Crippen LogP contribution in [0.3, 0.4) is 0 Å². The lowest BCUT2D eigenvalue weighted by Crippen LogP contribution is -2.18. The predicted octanol–water partition coefficient (Wildman–Crippen LogP) is 3.07. The van der Waals surface area contributed by atoms with Crippen LogP contribution in [-0.4, -0.2) is 23.0 Å². The van der Waals surface area contributed by atoms with Crippen molar-refractivity contribution >= 4 is 17.4 Å². The van der Waals surface area contributed by atoms with Crippen LogP contribution in [0.5, 0.6) is 0 Å². The summed E-state index contributed by atoms with van der Waals surface area (Å²) in [5, 5.41) is 12.5. The lowest BCUT2D eigenvalue weighted by molar-refractivity contribution is 0.318. The fourth-order valence-electron chi connectivity index (χ4n) is 2.17. The molecule has 0 heterocycles. The molecule has 110 valence electrons. The summed E-state index contributed by atoms with van der Waals surface area (Å²) in [5.74, 6) is 0.116. The monoisotopic (exact) mass is 303 g/mol. The van der Waals surface area contributed by atoms with E-state index in [9.17, 15) is 0 Å². The molecule has 0 aliphatic rings. The summed E-state index contributed by atoms with van der Waals surface area (Å²) in [4.78, 5) is 2.16. The molecule has 5 heteroatoms. The number of oxime groups is 1. The van der Waals surface area contributed by atoms with E-state index in [0.717, 1.165) is 29.2 Å². The Kier molecular flexibility index (Phi) is 5.20. The van der Waals surface area contributed by atoms with Crippen LogP contribution in [0.1, 0.15) is 16.7 Å². The fourth-order valence-corrected chi connectivity index (χ4v) is 2.37. The van der Waals surface area contributed by atoms with Crippen LogP contribution in [-0.2, 0) is 13.1 Å². The molecule has 21 heavy (non-hydrogen) atoms. The van der Waals surface area contributed by atoms with E-state index in [1.807, 2.05) is 55.6 Å². The first-order valence-corrected chi connectivity index (χ1v) is 6.96. The second-order valence-electron chi connectivity index (χ2n) is 4.95. The maximum absolute atomic E-state index is 8.72. The molecule has 2 rings (SSSR count). The molecule has 0 atom stereocenters. The highest BCUT2D eigenvalue weighted by Crippen LogP contribution is 2.17. The van der Waals surface area contributed by atoms with Crippen molar-refractivity contribution in [3.63, 3.8) is 0 Å². The molecule has 0 saturated heterocycles. The molecule has 0 unspecified atom stereocenters. The van der Waals surface area contributed by atoms with Crippen molar-refractivity contribution in [3.8, 4) is 0 Å². The summed E-state index contributed by atoms with van der Waals surface area (Å²) in [6.07, 6.45) is 0. The summed E-state index contributed by atoms with van der Waals surface area (Å²) in [6.45, 7) is 1.51. The SMILES string of the molecule is CN(Cc1cccc(C(N)=NO)c1)Cc1ccccc1Cl. The van der Waals surface area contributed by atoms with Crippen LogP contribution in [0.4, 0.5) is 0 Å². The quantitative estimate of drug-likeness (QED) is 0.386. The first kappa shape index (κ1) is 15.4. The van der Waals surface area contributed by atoms with E-state index < -0.39 is 0 Å². The molecule has 0 spiro atoms. The first-order valence-electron chi connectivity index (χ1n) is 6.59. The second kappa shape index (κ2) is 7.11. The van der Waals surface area contributed by atoms with E-state index in [0.29, 0.717) is 5.56 Å². The minimum atomic E-state index is 0.116. The van der Waals surface area contributed by atoms with Crippen molar-refractivity contribution in [1.29, 1.82) is 0 Å². The number of hydrogen-bond acceptors (Lipinski definition) is 3. The van der Waals surface area contributed by atoms with Crippen LogP contribution in [0.2, 0.25) is 5.02 Å². The zero-order chi connectivity index (χ0) is 15.2. The molecular formula is C16H18ClN3O. The Morgan fingerprint density at radius 1 is 1.19 bits per heavy atom. The van der Waals surface area contributed by atoms with Gasteiger partial charge >= 0.3 is 0 Å². The normalized spacial score (nSPS) is 11.9. The van der Waals surface area contributed by atoms with Gasteiger partial charge in [0.05, 0.1) is 0 Å². The van der Waals surface area contributed by atoms with Gasteiger partial charge < -0.3 is 10.9 Å². The Morgan fingerprint density at radius 2 is 1.95 bits per heavy atom. The van der Waals surface area contributed by atoms with Crippen molar-refractivity contribution in [2.75, 3.05) is 7.05 Å². The van der Waals surface area contributed by atoms with Crippen LogP contribution < -0.4 is 5.73 Å². The molecule has 0 bridgehead atoms. The second-order valence-corrected chi connectivity index (χ2v) is 5.36. The number of benzene rings is 2. The lowest BCUT2D eigenvalue weighted by atomic mass is 10.1. The number of rotatable bonds is 5. The van der Waals surface area contributed by atoms with Crippen molar-refractivity contribution in [2.24, 2.45) is 10.9 Å². The zero-order valence-electron chi connectivity index (χ0n) is 11.8. The molecule has 0 fully saturated rings. The summed E-state index contributed by atoms with van der Waals surface area (Å²) in [7, 11) is 2.03. The molecule has 0 saturated carbocycles. The van der Waals surface area contributed by atoms with Gasteiger partial charge in [-0.05, 0) is 30.3 Å². The highest BCUT2D eigenvalue weighted by molar-refractivity contribution is 6.31. The Bertz CT molecular complexity index is 643. The van der Waals surface area contributed by atoms with Gasteiger partial charge in [-0.15, -0.1) is 0 Å². The average Bonchev–Trinajstić information content (AvgIpc) is 2.49. The molecular weight excluding hydrogens is 286 g/mol. The van der Waals surface area contributed by atoms with Crippen LogP contribution in [0, 0.1) is 0 Å². The van der Waals surface area contributed by atoms with Gasteiger partial charge in [-0.2, -0.15) is 0 Å². The van der Waals surface area contributed by atoms with Crippen molar-refractivity contribution in [3.05, 3.63) is 70.2 Å². The molecule has 0 amide bonds. The van der Waals surface area contributed by atoms with Crippen molar-refractivity contribution in [2.45, 2.75) is 13.1 Å². The number of nitrogens with zero attached hydrogens (tertiary/aromatic N) is 2. The van der Waals surface area contributed by atoms with E-state index in [1.165, 1.54) is 0 Å². The fraction of sp³-hybridized carbons (Fsp3) is 0.188. The molecule has 0 aromatic heterocycles. The van der Waals surface area contributed by atoms with Gasteiger partial charge in [-0.25, -0.2) is 0 Å². The van der Waals surface area contributed by atoms with Gasteiger partial charge in [0.1, 0.15) is 0 Å². The number of halogens is 1. The summed E-state index contributed by atoms with van der Waals surface area (Å²) >= 11 is 6.17. The van der Waals surface area contributed by atoms with Gasteiger partial charge in [0, 0.05) is 23.7 Å². The first-order chi connectivity index (χ1) is 10.1. The van der Waals surface area contributed by atoms with E-state index in [4.69, 9.17) is 22.5 Å². The smallest absolute Gasteiger partial charge is 0.170 e. The van der Waals surface area contributed by atoms with Crippen LogP contribution >= 0.6 is 11.6 Å². The largest absolute Gasteiger partial charge is 0.409 e. The van der Waals surface area contributed by atoms with Gasteiger partial charge in [-0.3, -0.25) is 4.90 Å². The Balaban J connectivity index is 2.06. The zero-order valence-corrected chi connectivity index (χ0v) is 12.6. The summed E-state index contributed by atoms with van der Waals surface area (Å²) in [5.41, 5.74) is 8.50. The number of hydrogen-bond donors (Lipinski definition) is 2. The Morgan fingerprint density at radius 3 is 2.67 bits per heavy atom. The van der Waals surface area contributed by atoms with Crippen LogP contribution in [0.25, 0.3) is 0 Å². The Labute approximate surface area is 129 Å². The third kappa shape index (κ3) is 4.21. The third-order valence-corrected chi connectivity index (χ3v) is 3.55. The van der Waals surface area contributed by atoms with E-state index in [2.05, 4.69) is 10.1 Å². The highest BCUT2D eigenvalue weighted by atomic mass is 35.5. The minimum Gasteiger partial charge on any atom is -0.409 e.